The molecule has 0 radical (unpaired) electrons. The van der Waals surface area contributed by atoms with Gasteiger partial charge in [-0.3, -0.25) is 4.79 Å². The van der Waals surface area contributed by atoms with E-state index in [9.17, 15) is 4.79 Å². The van der Waals surface area contributed by atoms with Crippen LogP contribution in [0.25, 0.3) is 0 Å². The van der Waals surface area contributed by atoms with Gasteiger partial charge in [-0.15, -0.1) is 0 Å². The second-order valence-corrected chi connectivity index (χ2v) is 6.28. The topological polar surface area (TPSA) is 58.4 Å². The molecule has 1 unspecified atom stereocenters. The average Bonchev–Trinajstić information content (AvgIpc) is 3.13. The van der Waals surface area contributed by atoms with Crippen LogP contribution in [0.5, 0.6) is 0 Å². The van der Waals surface area contributed by atoms with Crippen molar-refractivity contribution in [2.24, 2.45) is 5.73 Å². The molecule has 4 nitrogen and oxygen atoms in total. The molecule has 0 aromatic carbocycles. The minimum atomic E-state index is -0.501. The monoisotopic (exact) mass is 253 g/mol. The highest BCUT2D eigenvalue weighted by Crippen LogP contribution is 2.27. The van der Waals surface area contributed by atoms with E-state index in [1.54, 1.807) is 0 Å². The van der Waals surface area contributed by atoms with Crippen molar-refractivity contribution in [1.29, 1.82) is 0 Å². The lowest BCUT2D eigenvalue weighted by Gasteiger charge is -2.28. The number of carbonyl (C=O) groups is 1. The van der Waals surface area contributed by atoms with E-state index in [1.807, 2.05) is 6.92 Å². The first-order chi connectivity index (χ1) is 8.51. The third-order valence-electron chi connectivity index (χ3n) is 4.25. The lowest BCUT2D eigenvalue weighted by atomic mass is 9.93. The van der Waals surface area contributed by atoms with Gasteiger partial charge in [0.2, 0.25) is 5.91 Å². The fourth-order valence-electron chi connectivity index (χ4n) is 2.48. The van der Waals surface area contributed by atoms with Gasteiger partial charge in [0.05, 0.1) is 5.54 Å². The highest BCUT2D eigenvalue weighted by Gasteiger charge is 2.36. The molecule has 0 aromatic heterocycles. The normalized spacial score (nSPS) is 23.1. The zero-order valence-corrected chi connectivity index (χ0v) is 11.7. The molecule has 0 bridgehead atoms. The number of nitrogens with two attached hydrogens (primary N) is 1. The van der Waals surface area contributed by atoms with Gasteiger partial charge >= 0.3 is 0 Å². The predicted octanol–water partition coefficient (Wildman–Crippen LogP) is 1.25. The van der Waals surface area contributed by atoms with Crippen molar-refractivity contribution in [2.75, 3.05) is 13.6 Å². The van der Waals surface area contributed by atoms with Crippen molar-refractivity contribution >= 4 is 5.91 Å². The molecule has 0 saturated heterocycles. The van der Waals surface area contributed by atoms with E-state index in [4.69, 9.17) is 5.73 Å². The number of carbonyl (C=O) groups excluding carboxylic acids is 1. The molecule has 2 aliphatic carbocycles. The molecule has 1 atom stereocenters. The number of unbranched alkanes of at least 4 members (excludes halogenated alkanes) is 1. The number of nitrogens with zero attached hydrogens (tertiary/aromatic N) is 1. The Morgan fingerprint density at radius 3 is 2.50 bits per heavy atom. The number of amides is 1. The second kappa shape index (κ2) is 5.57. The van der Waals surface area contributed by atoms with Gasteiger partial charge < -0.3 is 16.0 Å². The molecule has 2 aliphatic rings. The zero-order valence-electron chi connectivity index (χ0n) is 11.7. The van der Waals surface area contributed by atoms with Crippen LogP contribution in [0.1, 0.15) is 51.9 Å². The number of hydrogen-bond donors (Lipinski definition) is 2. The van der Waals surface area contributed by atoms with Gasteiger partial charge in [-0.05, 0) is 65.5 Å². The van der Waals surface area contributed by atoms with E-state index in [2.05, 4.69) is 17.3 Å². The standard InChI is InChI=1S/C14H27N3O/c1-14(13(15)18,16-11-5-6-11)9-3-4-10-17(2)12-7-8-12/h11-12,16H,3-10H2,1-2H3,(H2,15,18). The number of rotatable bonds is 9. The number of hydrogen-bond acceptors (Lipinski definition) is 3. The quantitative estimate of drug-likeness (QED) is 0.608. The fraction of sp³-hybridized carbons (Fsp3) is 0.929. The Morgan fingerprint density at radius 1 is 1.33 bits per heavy atom. The van der Waals surface area contributed by atoms with E-state index in [0.29, 0.717) is 6.04 Å². The van der Waals surface area contributed by atoms with Crippen LogP contribution in [0.2, 0.25) is 0 Å². The summed E-state index contributed by atoms with van der Waals surface area (Å²) < 4.78 is 0. The van der Waals surface area contributed by atoms with Crippen molar-refractivity contribution in [3.8, 4) is 0 Å². The van der Waals surface area contributed by atoms with E-state index >= 15 is 0 Å². The molecule has 18 heavy (non-hydrogen) atoms. The highest BCUT2D eigenvalue weighted by atomic mass is 16.1. The largest absolute Gasteiger partial charge is 0.368 e. The smallest absolute Gasteiger partial charge is 0.237 e. The molecule has 0 heterocycles. The Kier molecular flexibility index (Phi) is 4.28. The number of nitrogens with one attached hydrogen (secondary N) is 1. The zero-order chi connectivity index (χ0) is 13.2. The Bertz CT molecular complexity index is 299. The van der Waals surface area contributed by atoms with Gasteiger partial charge in [-0.25, -0.2) is 0 Å². The summed E-state index contributed by atoms with van der Waals surface area (Å²) in [7, 11) is 2.20. The number of primary amides is 1. The SMILES string of the molecule is CN(CCCCC(C)(NC1CC1)C(N)=O)C1CC1. The highest BCUT2D eigenvalue weighted by molar-refractivity contribution is 5.84. The third kappa shape index (κ3) is 3.95. The summed E-state index contributed by atoms with van der Waals surface area (Å²) >= 11 is 0. The van der Waals surface area contributed by atoms with Crippen LogP contribution in [0.3, 0.4) is 0 Å². The van der Waals surface area contributed by atoms with Gasteiger partial charge in [-0.1, -0.05) is 0 Å². The fourth-order valence-corrected chi connectivity index (χ4v) is 2.48. The first kappa shape index (κ1) is 13.8. The maximum Gasteiger partial charge on any atom is 0.237 e. The first-order valence-electron chi connectivity index (χ1n) is 7.29. The lowest BCUT2D eigenvalue weighted by Crippen LogP contribution is -2.54. The third-order valence-corrected chi connectivity index (χ3v) is 4.25. The summed E-state index contributed by atoms with van der Waals surface area (Å²) in [5.41, 5.74) is 5.03. The molecule has 0 aliphatic heterocycles. The van der Waals surface area contributed by atoms with E-state index in [-0.39, 0.29) is 5.91 Å². The summed E-state index contributed by atoms with van der Waals surface area (Å²) in [6.07, 6.45) is 8.17. The van der Waals surface area contributed by atoms with Gasteiger partial charge in [0.25, 0.3) is 0 Å². The predicted molar refractivity (Wildman–Crippen MR) is 73.3 cm³/mol. The van der Waals surface area contributed by atoms with Crippen LogP contribution in [-0.2, 0) is 4.79 Å². The summed E-state index contributed by atoms with van der Waals surface area (Å²) in [5.74, 6) is -0.204. The molecule has 1 amide bonds. The molecule has 104 valence electrons. The van der Waals surface area contributed by atoms with Gasteiger partial charge in [0, 0.05) is 12.1 Å². The molecule has 3 N–H and O–H groups in total. The molecular weight excluding hydrogens is 226 g/mol. The maximum atomic E-state index is 11.6. The molecule has 2 fully saturated rings. The summed E-state index contributed by atoms with van der Waals surface area (Å²) in [6, 6.07) is 1.36. The van der Waals surface area contributed by atoms with Crippen LogP contribution in [0, 0.1) is 0 Å². The van der Waals surface area contributed by atoms with Crippen LogP contribution in [-0.4, -0.2) is 42.0 Å². The van der Waals surface area contributed by atoms with Gasteiger partial charge in [-0.2, -0.15) is 0 Å². The average molecular weight is 253 g/mol. The summed E-state index contributed by atoms with van der Waals surface area (Å²) in [6.45, 7) is 3.10. The molecule has 2 rings (SSSR count). The maximum absolute atomic E-state index is 11.6. The summed E-state index contributed by atoms with van der Waals surface area (Å²) in [5, 5.41) is 3.40. The van der Waals surface area contributed by atoms with Gasteiger partial charge in [0.1, 0.15) is 0 Å². The molecule has 0 spiro atoms. The van der Waals surface area contributed by atoms with Gasteiger partial charge in [0.15, 0.2) is 0 Å². The lowest BCUT2D eigenvalue weighted by molar-refractivity contribution is -0.124. The van der Waals surface area contributed by atoms with Crippen LogP contribution < -0.4 is 11.1 Å². The van der Waals surface area contributed by atoms with Crippen molar-refractivity contribution in [3.05, 3.63) is 0 Å². The Balaban J connectivity index is 1.66. The molecule has 2 saturated carbocycles. The van der Waals surface area contributed by atoms with Crippen molar-refractivity contribution in [1.82, 2.24) is 10.2 Å². The van der Waals surface area contributed by atoms with Crippen molar-refractivity contribution < 1.29 is 4.79 Å². The van der Waals surface area contributed by atoms with Crippen molar-refractivity contribution in [2.45, 2.75) is 69.5 Å². The molecule has 0 aromatic rings. The van der Waals surface area contributed by atoms with E-state index in [1.165, 1.54) is 25.7 Å². The first-order valence-corrected chi connectivity index (χ1v) is 7.29. The summed E-state index contributed by atoms with van der Waals surface area (Å²) in [4.78, 5) is 14.0. The molecular formula is C14H27N3O. The Labute approximate surface area is 110 Å². The van der Waals surface area contributed by atoms with Crippen molar-refractivity contribution in [3.63, 3.8) is 0 Å². The Morgan fingerprint density at radius 2 is 2.00 bits per heavy atom. The van der Waals surface area contributed by atoms with Crippen LogP contribution in [0.15, 0.2) is 0 Å². The second-order valence-electron chi connectivity index (χ2n) is 6.28. The minimum absolute atomic E-state index is 0.204. The van der Waals surface area contributed by atoms with Crippen LogP contribution in [0.4, 0.5) is 0 Å². The molecule has 4 heteroatoms. The minimum Gasteiger partial charge on any atom is -0.368 e. The van der Waals surface area contributed by atoms with Crippen LogP contribution >= 0.6 is 0 Å². The van der Waals surface area contributed by atoms with E-state index in [0.717, 1.165) is 31.8 Å². The Hall–Kier alpha value is -0.610. The van der Waals surface area contributed by atoms with E-state index < -0.39 is 5.54 Å².